The van der Waals surface area contributed by atoms with E-state index in [0.717, 1.165) is 12.8 Å². The Morgan fingerprint density at radius 3 is 2.73 bits per heavy atom. The maximum Gasteiger partial charge on any atom is 0.343 e. The minimum Gasteiger partial charge on any atom is -0.477 e. The smallest absolute Gasteiger partial charge is 0.343 e. The van der Waals surface area contributed by atoms with Gasteiger partial charge >= 0.3 is 5.97 Å². The van der Waals surface area contributed by atoms with E-state index in [0.29, 0.717) is 19.0 Å². The largest absolute Gasteiger partial charge is 0.477 e. The molecule has 1 saturated heterocycles. The number of hydrogen-bond acceptors (Lipinski definition) is 5. The van der Waals surface area contributed by atoms with Crippen LogP contribution in [-0.2, 0) is 4.74 Å². The van der Waals surface area contributed by atoms with E-state index < -0.39 is 5.97 Å². The number of ether oxygens (including phenoxy) is 1. The minimum atomic E-state index is -1.09. The normalized spacial score (nSPS) is 17.9. The number of nitrogens with zero attached hydrogens (tertiary/aromatic N) is 1. The van der Waals surface area contributed by atoms with Crippen LogP contribution in [-0.4, -0.2) is 29.4 Å². The molecule has 3 N–H and O–H groups in total. The summed E-state index contributed by atoms with van der Waals surface area (Å²) in [5.41, 5.74) is 5.43. The lowest BCUT2D eigenvalue weighted by Gasteiger charge is -2.19. The van der Waals surface area contributed by atoms with Crippen molar-refractivity contribution in [3.8, 4) is 0 Å². The number of anilines is 1. The number of nitrogens with two attached hydrogens (primary N) is 1. The molecule has 0 bridgehead atoms. The summed E-state index contributed by atoms with van der Waals surface area (Å²) in [7, 11) is 0. The highest BCUT2D eigenvalue weighted by Crippen LogP contribution is 2.31. The second-order valence-electron chi connectivity index (χ2n) is 3.50. The lowest BCUT2D eigenvalue weighted by Crippen LogP contribution is -2.16. The number of carboxylic acid groups (broad SMARTS) is 1. The van der Waals surface area contributed by atoms with Crippen molar-refractivity contribution in [2.75, 3.05) is 18.9 Å². The maximum absolute atomic E-state index is 10.9. The molecule has 1 aliphatic heterocycles. The molecule has 6 nitrogen and oxygen atoms in total. The number of carbonyl (C=O) groups is 1. The van der Waals surface area contributed by atoms with Gasteiger partial charge in [-0.25, -0.2) is 4.79 Å². The van der Waals surface area contributed by atoms with Crippen LogP contribution in [0.4, 0.5) is 5.82 Å². The van der Waals surface area contributed by atoms with Gasteiger partial charge in [0, 0.05) is 19.1 Å². The van der Waals surface area contributed by atoms with Gasteiger partial charge in [0.05, 0.1) is 0 Å². The minimum absolute atomic E-state index is 0.00176. The number of carboxylic acids is 1. The first kappa shape index (κ1) is 9.97. The van der Waals surface area contributed by atoms with Crippen molar-refractivity contribution >= 4 is 11.8 Å². The second kappa shape index (κ2) is 3.90. The van der Waals surface area contributed by atoms with Gasteiger partial charge in [-0.1, -0.05) is 5.16 Å². The summed E-state index contributed by atoms with van der Waals surface area (Å²) in [6.45, 7) is 1.23. The second-order valence-corrected chi connectivity index (χ2v) is 3.50. The fourth-order valence-electron chi connectivity index (χ4n) is 1.77. The summed E-state index contributed by atoms with van der Waals surface area (Å²) in [6.07, 6.45) is 1.49. The molecule has 0 aliphatic carbocycles. The third-order valence-corrected chi connectivity index (χ3v) is 2.55. The van der Waals surface area contributed by atoms with E-state index in [4.69, 9.17) is 20.1 Å². The van der Waals surface area contributed by atoms with Crippen molar-refractivity contribution in [3.63, 3.8) is 0 Å². The fraction of sp³-hybridized carbons (Fsp3) is 0.556. The van der Waals surface area contributed by atoms with Crippen molar-refractivity contribution in [2.24, 2.45) is 0 Å². The van der Waals surface area contributed by atoms with Crippen LogP contribution in [0.5, 0.6) is 0 Å². The molecule has 6 heteroatoms. The number of rotatable bonds is 2. The molecule has 0 spiro atoms. The molecule has 2 heterocycles. The molecule has 0 aromatic carbocycles. The molecular formula is C9H12N2O4. The molecule has 0 amide bonds. The van der Waals surface area contributed by atoms with Gasteiger partial charge in [0.1, 0.15) is 5.56 Å². The highest BCUT2D eigenvalue weighted by molar-refractivity contribution is 5.93. The highest BCUT2D eigenvalue weighted by Gasteiger charge is 2.28. The van der Waals surface area contributed by atoms with E-state index in [1.165, 1.54) is 0 Å². The predicted octanol–water partition coefficient (Wildman–Crippen LogP) is 0.849. The SMILES string of the molecule is Nc1noc(C2CCOCC2)c1C(=O)O. The Balaban J connectivity index is 2.30. The average molecular weight is 212 g/mol. The predicted molar refractivity (Wildman–Crippen MR) is 50.7 cm³/mol. The molecule has 0 unspecified atom stereocenters. The van der Waals surface area contributed by atoms with E-state index >= 15 is 0 Å². The lowest BCUT2D eigenvalue weighted by molar-refractivity contribution is 0.0674. The zero-order valence-electron chi connectivity index (χ0n) is 8.10. The van der Waals surface area contributed by atoms with E-state index in [1.54, 1.807) is 0 Å². The zero-order chi connectivity index (χ0) is 10.8. The van der Waals surface area contributed by atoms with Crippen LogP contribution in [0, 0.1) is 0 Å². The highest BCUT2D eigenvalue weighted by atomic mass is 16.5. The Morgan fingerprint density at radius 2 is 2.13 bits per heavy atom. The Hall–Kier alpha value is -1.56. The van der Waals surface area contributed by atoms with Crippen molar-refractivity contribution in [1.82, 2.24) is 5.16 Å². The summed E-state index contributed by atoms with van der Waals surface area (Å²) >= 11 is 0. The third kappa shape index (κ3) is 1.80. The van der Waals surface area contributed by atoms with Crippen LogP contribution in [0.15, 0.2) is 4.52 Å². The zero-order valence-corrected chi connectivity index (χ0v) is 8.10. The molecule has 0 saturated carbocycles. The van der Waals surface area contributed by atoms with Crippen LogP contribution in [0.1, 0.15) is 34.9 Å². The van der Waals surface area contributed by atoms with Crippen LogP contribution < -0.4 is 5.73 Å². The van der Waals surface area contributed by atoms with Crippen molar-refractivity contribution in [3.05, 3.63) is 11.3 Å². The van der Waals surface area contributed by atoms with E-state index in [2.05, 4.69) is 5.16 Å². The molecule has 1 aromatic rings. The van der Waals surface area contributed by atoms with Gasteiger partial charge in [-0.3, -0.25) is 0 Å². The Bertz CT molecular complexity index is 368. The van der Waals surface area contributed by atoms with Gasteiger partial charge in [0.25, 0.3) is 0 Å². The fourth-order valence-corrected chi connectivity index (χ4v) is 1.77. The van der Waals surface area contributed by atoms with Gasteiger partial charge in [-0.2, -0.15) is 0 Å². The average Bonchev–Trinajstić information content (AvgIpc) is 2.61. The van der Waals surface area contributed by atoms with Gasteiger partial charge in [0.15, 0.2) is 11.6 Å². The Kier molecular flexibility index (Phi) is 2.59. The third-order valence-electron chi connectivity index (χ3n) is 2.55. The van der Waals surface area contributed by atoms with Gasteiger partial charge < -0.3 is 20.1 Å². The standard InChI is InChI=1S/C9H12N2O4/c10-8-6(9(12)13)7(15-11-8)5-1-3-14-4-2-5/h5H,1-4H2,(H2,10,11)(H,12,13). The first-order chi connectivity index (χ1) is 7.20. The summed E-state index contributed by atoms with van der Waals surface area (Å²) in [6, 6.07) is 0. The lowest BCUT2D eigenvalue weighted by atomic mass is 9.94. The first-order valence-corrected chi connectivity index (χ1v) is 4.76. The van der Waals surface area contributed by atoms with Crippen LogP contribution in [0.3, 0.4) is 0 Å². The van der Waals surface area contributed by atoms with Crippen LogP contribution in [0.25, 0.3) is 0 Å². The van der Waals surface area contributed by atoms with E-state index in [-0.39, 0.29) is 17.3 Å². The molecule has 1 aliphatic rings. The monoisotopic (exact) mass is 212 g/mol. The number of aromatic carboxylic acids is 1. The van der Waals surface area contributed by atoms with Gasteiger partial charge in [-0.05, 0) is 12.8 Å². The summed E-state index contributed by atoms with van der Waals surface area (Å²) in [4.78, 5) is 10.9. The maximum atomic E-state index is 10.9. The summed E-state index contributed by atoms with van der Waals surface area (Å²) in [5, 5.41) is 12.4. The van der Waals surface area contributed by atoms with Crippen molar-refractivity contribution in [2.45, 2.75) is 18.8 Å². The quantitative estimate of drug-likeness (QED) is 0.753. The Morgan fingerprint density at radius 1 is 1.47 bits per heavy atom. The van der Waals surface area contributed by atoms with Gasteiger partial charge in [0.2, 0.25) is 0 Å². The molecule has 1 fully saturated rings. The summed E-state index contributed by atoms with van der Waals surface area (Å²) < 4.78 is 10.2. The van der Waals surface area contributed by atoms with Crippen molar-refractivity contribution in [1.29, 1.82) is 0 Å². The van der Waals surface area contributed by atoms with E-state index in [1.807, 2.05) is 0 Å². The Labute approximate surface area is 86.0 Å². The van der Waals surface area contributed by atoms with Crippen LogP contribution >= 0.6 is 0 Å². The molecule has 2 rings (SSSR count). The molecule has 0 atom stereocenters. The number of aromatic nitrogens is 1. The first-order valence-electron chi connectivity index (χ1n) is 4.76. The number of hydrogen-bond donors (Lipinski definition) is 2. The van der Waals surface area contributed by atoms with Crippen LogP contribution in [0.2, 0.25) is 0 Å². The number of nitrogen functional groups attached to an aromatic ring is 1. The molecule has 15 heavy (non-hydrogen) atoms. The summed E-state index contributed by atoms with van der Waals surface area (Å²) in [5.74, 6) is -0.711. The van der Waals surface area contributed by atoms with E-state index in [9.17, 15) is 4.79 Å². The molecular weight excluding hydrogens is 200 g/mol. The molecule has 1 aromatic heterocycles. The molecule has 0 radical (unpaired) electrons. The van der Waals surface area contributed by atoms with Crippen molar-refractivity contribution < 1.29 is 19.2 Å². The van der Waals surface area contributed by atoms with Gasteiger partial charge in [-0.15, -0.1) is 0 Å². The topological polar surface area (TPSA) is 98.6 Å². The molecule has 82 valence electrons.